The average Bonchev–Trinajstić information content (AvgIpc) is 3.27. The first-order valence-corrected chi connectivity index (χ1v) is 11.3. The van der Waals surface area contributed by atoms with Gasteiger partial charge in [0.1, 0.15) is 11.4 Å². The second-order valence-electron chi connectivity index (χ2n) is 9.79. The minimum absolute atomic E-state index is 0.0704. The smallest absolute Gasteiger partial charge is 0.415 e. The van der Waals surface area contributed by atoms with Gasteiger partial charge in [-0.3, -0.25) is 9.80 Å². The van der Waals surface area contributed by atoms with Gasteiger partial charge in [0.05, 0.1) is 13.2 Å². The van der Waals surface area contributed by atoms with Crippen LogP contribution in [0.1, 0.15) is 43.4 Å². The fourth-order valence-corrected chi connectivity index (χ4v) is 5.03. The summed E-state index contributed by atoms with van der Waals surface area (Å²) < 4.78 is 11.8. The van der Waals surface area contributed by atoms with Gasteiger partial charge in [-0.1, -0.05) is 44.2 Å². The van der Waals surface area contributed by atoms with Crippen LogP contribution in [-0.2, 0) is 26.3 Å². The number of fused-ring (bicyclic) bond motifs is 1. The fourth-order valence-electron chi connectivity index (χ4n) is 5.03. The molecule has 1 spiro atoms. The third-order valence-electron chi connectivity index (χ3n) is 6.85. The number of benzene rings is 2. The van der Waals surface area contributed by atoms with Gasteiger partial charge in [-0.2, -0.15) is 9.59 Å². The third-order valence-corrected chi connectivity index (χ3v) is 6.85. The van der Waals surface area contributed by atoms with Crippen LogP contribution in [0.4, 0.5) is 10.5 Å². The lowest BCUT2D eigenvalue weighted by atomic mass is 9.85. The van der Waals surface area contributed by atoms with Crippen molar-refractivity contribution >= 4 is 17.9 Å². The van der Waals surface area contributed by atoms with Crippen molar-refractivity contribution in [2.24, 2.45) is 0 Å². The molecule has 5 rings (SSSR count). The lowest BCUT2D eigenvalue weighted by molar-refractivity contribution is -0.191. The van der Waals surface area contributed by atoms with Crippen molar-refractivity contribution in [1.29, 1.82) is 0 Å². The summed E-state index contributed by atoms with van der Waals surface area (Å²) >= 11 is 0. The van der Waals surface area contributed by atoms with Gasteiger partial charge in [0.2, 0.25) is 0 Å². The number of piperidine rings is 1. The van der Waals surface area contributed by atoms with Crippen LogP contribution in [0.25, 0.3) is 0 Å². The number of hydrogen-bond acceptors (Lipinski definition) is 6. The predicted molar refractivity (Wildman–Crippen MR) is 122 cm³/mol. The predicted octanol–water partition coefficient (Wildman–Crippen LogP) is 4.07. The maximum Gasteiger partial charge on any atom is 0.415 e. The van der Waals surface area contributed by atoms with E-state index in [1.54, 1.807) is 4.90 Å². The van der Waals surface area contributed by atoms with Gasteiger partial charge < -0.3 is 9.47 Å². The summed E-state index contributed by atoms with van der Waals surface area (Å²) in [5.74, 6) is 1.07. The maximum absolute atomic E-state index is 12.5. The van der Waals surface area contributed by atoms with Gasteiger partial charge in [-0.05, 0) is 30.2 Å². The Bertz CT molecular complexity index is 1050. The number of amides is 1. The normalized spacial score (nSPS) is 20.3. The lowest BCUT2D eigenvalue weighted by Gasteiger charge is -2.37. The van der Waals surface area contributed by atoms with E-state index in [0.717, 1.165) is 50.5 Å². The summed E-state index contributed by atoms with van der Waals surface area (Å²) in [4.78, 5) is 33.0. The monoisotopic (exact) mass is 450 g/mol. The molecule has 0 radical (unpaired) electrons. The minimum Gasteiger partial charge on any atom is -0.492 e. The first-order chi connectivity index (χ1) is 15.8. The number of likely N-dealkylation sites (tertiary alicyclic amines) is 1. The van der Waals surface area contributed by atoms with E-state index in [9.17, 15) is 4.79 Å². The van der Waals surface area contributed by atoms with Gasteiger partial charge in [0, 0.05) is 49.1 Å². The molecule has 0 N–H and O–H groups in total. The molecule has 33 heavy (non-hydrogen) atoms. The Balaban J connectivity index is 0.000000821. The summed E-state index contributed by atoms with van der Waals surface area (Å²) in [5.41, 5.74) is 4.53. The Morgan fingerprint density at radius 3 is 2.39 bits per heavy atom. The summed E-state index contributed by atoms with van der Waals surface area (Å²) in [6.45, 7) is 10.8. The molecule has 0 atom stereocenters. The number of anilines is 1. The number of carbonyl (C=O) groups excluding carboxylic acids is 3. The summed E-state index contributed by atoms with van der Waals surface area (Å²) in [5, 5.41) is 0. The molecule has 0 unspecified atom stereocenters. The van der Waals surface area contributed by atoms with Crippen molar-refractivity contribution in [2.75, 3.05) is 31.1 Å². The number of nitrogens with zero attached hydrogens (tertiary/aromatic N) is 2. The molecule has 1 amide bonds. The van der Waals surface area contributed by atoms with Crippen molar-refractivity contribution in [1.82, 2.24) is 4.90 Å². The molecule has 174 valence electrons. The molecular formula is C26H30N2O5. The highest BCUT2D eigenvalue weighted by Gasteiger charge is 2.47. The van der Waals surface area contributed by atoms with Gasteiger partial charge in [-0.25, -0.2) is 4.79 Å². The number of aryl methyl sites for hydroxylation is 1. The number of ether oxygens (including phenoxy) is 2. The molecule has 2 fully saturated rings. The van der Waals surface area contributed by atoms with Gasteiger partial charge >= 0.3 is 12.2 Å². The zero-order chi connectivity index (χ0) is 23.6. The van der Waals surface area contributed by atoms with Crippen LogP contribution in [-0.4, -0.2) is 49.0 Å². The molecule has 3 aliphatic rings. The molecule has 7 nitrogen and oxygen atoms in total. The van der Waals surface area contributed by atoms with E-state index in [1.807, 2.05) is 30.3 Å². The Labute approximate surface area is 194 Å². The van der Waals surface area contributed by atoms with Gasteiger partial charge in [0.15, 0.2) is 0 Å². The standard InChI is InChI=1S/C25H30N2O3.CO2/c1-18-13-19(14-21-22(18)29-17-24(21,2)3)15-26-11-9-25(10-12-26)16-27(23(28)30-25)20-7-5-4-6-8-20;2-1-3/h4-8,13-14H,9-12,15-17H2,1-3H3;. The van der Waals surface area contributed by atoms with Crippen LogP contribution >= 0.6 is 0 Å². The van der Waals surface area contributed by atoms with Crippen molar-refractivity contribution in [3.8, 4) is 5.75 Å². The van der Waals surface area contributed by atoms with E-state index in [2.05, 4.69) is 37.8 Å². The van der Waals surface area contributed by atoms with Gasteiger partial charge in [0.25, 0.3) is 0 Å². The molecule has 2 aromatic carbocycles. The first-order valence-electron chi connectivity index (χ1n) is 11.3. The fraction of sp³-hybridized carbons (Fsp3) is 0.462. The van der Waals surface area contributed by atoms with E-state index in [-0.39, 0.29) is 23.3 Å². The Morgan fingerprint density at radius 2 is 1.73 bits per heavy atom. The second kappa shape index (κ2) is 9.00. The molecule has 0 bridgehead atoms. The van der Waals surface area contributed by atoms with Crippen LogP contribution in [0.5, 0.6) is 5.75 Å². The Hall–Kier alpha value is -3.15. The zero-order valence-electron chi connectivity index (χ0n) is 19.4. The number of carbonyl (C=O) groups is 1. The van der Waals surface area contributed by atoms with Crippen LogP contribution in [0.3, 0.4) is 0 Å². The van der Waals surface area contributed by atoms with E-state index in [1.165, 1.54) is 16.7 Å². The largest absolute Gasteiger partial charge is 0.492 e. The molecule has 3 heterocycles. The van der Waals surface area contributed by atoms with Crippen LogP contribution in [0, 0.1) is 6.92 Å². The second-order valence-corrected chi connectivity index (χ2v) is 9.79. The number of hydrogen-bond donors (Lipinski definition) is 0. The maximum atomic E-state index is 12.5. The first kappa shape index (κ1) is 23.0. The molecule has 2 saturated heterocycles. The SMILES string of the molecule is Cc1cc(CN2CCC3(CC2)CN(c2ccccc2)C(=O)O3)cc2c1OCC2(C)C.O=C=O. The van der Waals surface area contributed by atoms with Crippen molar-refractivity contribution in [3.63, 3.8) is 0 Å². The van der Waals surface area contributed by atoms with Crippen molar-refractivity contribution in [3.05, 3.63) is 59.2 Å². The highest BCUT2D eigenvalue weighted by atomic mass is 16.6. The third kappa shape index (κ3) is 4.65. The zero-order valence-corrected chi connectivity index (χ0v) is 19.4. The minimum atomic E-state index is -0.354. The van der Waals surface area contributed by atoms with Crippen LogP contribution < -0.4 is 9.64 Å². The van der Waals surface area contributed by atoms with Gasteiger partial charge in [-0.15, -0.1) is 0 Å². The van der Waals surface area contributed by atoms with E-state index in [0.29, 0.717) is 6.54 Å². The lowest BCUT2D eigenvalue weighted by Crippen LogP contribution is -2.46. The number of rotatable bonds is 3. The molecule has 0 aromatic heterocycles. The van der Waals surface area contributed by atoms with E-state index in [4.69, 9.17) is 19.1 Å². The Morgan fingerprint density at radius 1 is 1.06 bits per heavy atom. The molecular weight excluding hydrogens is 420 g/mol. The topological polar surface area (TPSA) is 76.2 Å². The van der Waals surface area contributed by atoms with Crippen LogP contribution in [0.2, 0.25) is 0 Å². The van der Waals surface area contributed by atoms with E-state index >= 15 is 0 Å². The summed E-state index contributed by atoms with van der Waals surface area (Å²) in [6.07, 6.45) is 1.78. The number of para-hydroxylation sites is 1. The summed E-state index contributed by atoms with van der Waals surface area (Å²) in [7, 11) is 0. The Kier molecular flexibility index (Phi) is 6.28. The molecule has 3 aliphatic heterocycles. The quantitative estimate of drug-likeness (QED) is 0.702. The highest BCUT2D eigenvalue weighted by Crippen LogP contribution is 2.42. The summed E-state index contributed by atoms with van der Waals surface area (Å²) in [6, 6.07) is 14.4. The van der Waals surface area contributed by atoms with Crippen molar-refractivity contribution in [2.45, 2.75) is 51.2 Å². The average molecular weight is 451 g/mol. The molecule has 2 aromatic rings. The highest BCUT2D eigenvalue weighted by molar-refractivity contribution is 5.90. The molecule has 7 heteroatoms. The van der Waals surface area contributed by atoms with Crippen LogP contribution in [0.15, 0.2) is 42.5 Å². The van der Waals surface area contributed by atoms with Crippen molar-refractivity contribution < 1.29 is 23.9 Å². The van der Waals surface area contributed by atoms with E-state index < -0.39 is 0 Å². The molecule has 0 saturated carbocycles. The molecule has 0 aliphatic carbocycles.